The van der Waals surface area contributed by atoms with Gasteiger partial charge in [-0.05, 0) is 36.7 Å². The average Bonchev–Trinajstić information content (AvgIpc) is 3.48. The van der Waals surface area contributed by atoms with Gasteiger partial charge in [-0.1, -0.05) is 64.4 Å². The number of hydrogen-bond acceptors (Lipinski definition) is 9. The highest BCUT2D eigenvalue weighted by molar-refractivity contribution is 5.97. The quantitative estimate of drug-likeness (QED) is 0.0928. The van der Waals surface area contributed by atoms with Gasteiger partial charge in [-0.25, -0.2) is 0 Å². The van der Waals surface area contributed by atoms with E-state index >= 15 is 0 Å². The van der Waals surface area contributed by atoms with E-state index < -0.39 is 78.2 Å². The van der Waals surface area contributed by atoms with Gasteiger partial charge >= 0.3 is 5.97 Å². The zero-order valence-electron chi connectivity index (χ0n) is 27.4. The molecule has 0 aromatic heterocycles. The molecule has 0 bridgehead atoms. The van der Waals surface area contributed by atoms with Crippen molar-refractivity contribution >= 4 is 41.4 Å². The van der Waals surface area contributed by atoms with E-state index in [1.807, 2.05) is 19.9 Å². The number of nitrogens with one attached hydrogen (secondary N) is 5. The Morgan fingerprint density at radius 3 is 2.13 bits per heavy atom. The molecule has 47 heavy (non-hydrogen) atoms. The van der Waals surface area contributed by atoms with Gasteiger partial charge in [-0.2, -0.15) is 0 Å². The molecule has 1 aromatic rings. The second-order valence-electron chi connectivity index (χ2n) is 12.1. The number of benzene rings is 1. The van der Waals surface area contributed by atoms with Crippen LogP contribution in [0.5, 0.6) is 0 Å². The summed E-state index contributed by atoms with van der Waals surface area (Å²) in [5, 5.41) is 22.4. The molecule has 1 fully saturated rings. The lowest BCUT2D eigenvalue weighted by Gasteiger charge is -2.29. The maximum atomic E-state index is 13.5. The van der Waals surface area contributed by atoms with Crippen LogP contribution in [0, 0.1) is 11.8 Å². The fourth-order valence-corrected chi connectivity index (χ4v) is 4.83. The molecule has 1 heterocycles. The molecule has 1 aliphatic heterocycles. The molecule has 15 nitrogen and oxygen atoms in total. The van der Waals surface area contributed by atoms with Gasteiger partial charge in [0.1, 0.15) is 36.8 Å². The number of ether oxygens (including phenoxy) is 1. The van der Waals surface area contributed by atoms with Crippen LogP contribution in [0.3, 0.4) is 0 Å². The summed E-state index contributed by atoms with van der Waals surface area (Å²) in [6, 6.07) is 3.29. The van der Waals surface area contributed by atoms with Crippen LogP contribution < -0.4 is 32.3 Å². The second kappa shape index (κ2) is 19.2. The predicted molar refractivity (Wildman–Crippen MR) is 170 cm³/mol. The van der Waals surface area contributed by atoms with Crippen molar-refractivity contribution in [2.45, 2.75) is 103 Å². The van der Waals surface area contributed by atoms with Gasteiger partial charge in [-0.3, -0.25) is 33.6 Å². The molecule has 0 aliphatic carbocycles. The molecule has 6 amide bonds. The smallest absolute Gasteiger partial charge is 0.306 e. The zero-order chi connectivity index (χ0) is 35.1. The van der Waals surface area contributed by atoms with Crippen LogP contribution in [0.2, 0.25) is 0 Å². The van der Waals surface area contributed by atoms with Crippen molar-refractivity contribution in [3.63, 3.8) is 0 Å². The van der Waals surface area contributed by atoms with E-state index in [1.165, 1.54) is 0 Å². The Labute approximate surface area is 274 Å². The van der Waals surface area contributed by atoms with E-state index in [1.54, 1.807) is 38.1 Å². The molecule has 1 aliphatic rings. The third-order valence-corrected chi connectivity index (χ3v) is 7.80. The molecule has 1 aromatic carbocycles. The van der Waals surface area contributed by atoms with Gasteiger partial charge in [0.2, 0.25) is 35.4 Å². The Kier molecular flexibility index (Phi) is 15.8. The minimum Gasteiger partial charge on any atom is -0.461 e. The molecule has 8 N–H and O–H groups in total. The summed E-state index contributed by atoms with van der Waals surface area (Å²) in [4.78, 5) is 88.4. The maximum Gasteiger partial charge on any atom is 0.306 e. The highest BCUT2D eigenvalue weighted by atomic mass is 16.5. The Morgan fingerprint density at radius 1 is 0.936 bits per heavy atom. The third kappa shape index (κ3) is 13.0. The molecular formula is C32H48N6O9. The maximum absolute atomic E-state index is 13.5. The lowest BCUT2D eigenvalue weighted by molar-refractivity contribution is -0.145. The Balaban J connectivity index is 2.06. The molecule has 1 saturated heterocycles. The predicted octanol–water partition coefficient (Wildman–Crippen LogP) is -0.702. The molecular weight excluding hydrogens is 612 g/mol. The van der Waals surface area contributed by atoms with Crippen molar-refractivity contribution in [3.05, 3.63) is 35.9 Å². The molecule has 0 spiro atoms. The monoisotopic (exact) mass is 660 g/mol. The summed E-state index contributed by atoms with van der Waals surface area (Å²) < 4.78 is 5.23. The molecule has 6 atom stereocenters. The van der Waals surface area contributed by atoms with Gasteiger partial charge < -0.3 is 42.2 Å². The van der Waals surface area contributed by atoms with Crippen molar-refractivity contribution in [2.75, 3.05) is 6.61 Å². The van der Waals surface area contributed by atoms with Crippen LogP contribution >= 0.6 is 0 Å². The fraction of sp³-hybridized carbons (Fsp3) is 0.594. The van der Waals surface area contributed by atoms with Crippen LogP contribution in [-0.2, 0) is 44.9 Å². The van der Waals surface area contributed by atoms with Gasteiger partial charge in [0.15, 0.2) is 0 Å². The Morgan fingerprint density at radius 2 is 1.57 bits per heavy atom. The van der Waals surface area contributed by atoms with Crippen molar-refractivity contribution in [1.29, 1.82) is 0 Å². The minimum absolute atomic E-state index is 0.0492. The number of carbonyl (C=O) groups is 7. The Bertz CT molecular complexity index is 1260. The van der Waals surface area contributed by atoms with Crippen LogP contribution in [0.4, 0.5) is 0 Å². The van der Waals surface area contributed by atoms with Crippen LogP contribution in [0.15, 0.2) is 30.3 Å². The first kappa shape index (κ1) is 38.7. The first-order valence-electron chi connectivity index (χ1n) is 15.9. The summed E-state index contributed by atoms with van der Waals surface area (Å²) in [5.74, 6) is -5.13. The first-order chi connectivity index (χ1) is 22.2. The molecule has 15 heteroatoms. The van der Waals surface area contributed by atoms with Gasteiger partial charge in [0.25, 0.3) is 0 Å². The number of primary amides is 1. The molecule has 0 saturated carbocycles. The number of nitrogens with two attached hydrogens (primary N) is 1. The summed E-state index contributed by atoms with van der Waals surface area (Å²) in [5.41, 5.74) is 6.30. The average molecular weight is 661 g/mol. The highest BCUT2D eigenvalue weighted by Crippen LogP contribution is 2.13. The lowest BCUT2D eigenvalue weighted by Crippen LogP contribution is -2.60. The van der Waals surface area contributed by atoms with Crippen molar-refractivity contribution < 1.29 is 43.4 Å². The number of carbonyl (C=O) groups excluding carboxylic acids is 7. The van der Waals surface area contributed by atoms with E-state index in [0.717, 1.165) is 5.56 Å². The van der Waals surface area contributed by atoms with E-state index in [-0.39, 0.29) is 50.5 Å². The third-order valence-electron chi connectivity index (χ3n) is 7.80. The number of hydrogen-bond donors (Lipinski definition) is 7. The first-order valence-corrected chi connectivity index (χ1v) is 15.9. The fourth-order valence-electron chi connectivity index (χ4n) is 4.83. The number of aliphatic hydroxyl groups excluding tert-OH is 1. The summed E-state index contributed by atoms with van der Waals surface area (Å²) in [7, 11) is 0. The lowest BCUT2D eigenvalue weighted by atomic mass is 9.96. The van der Waals surface area contributed by atoms with E-state index in [2.05, 4.69) is 26.6 Å². The number of amides is 6. The van der Waals surface area contributed by atoms with Gasteiger partial charge in [-0.15, -0.1) is 0 Å². The highest BCUT2D eigenvalue weighted by Gasteiger charge is 2.34. The largest absolute Gasteiger partial charge is 0.461 e. The normalized spacial score (nSPS) is 17.3. The van der Waals surface area contributed by atoms with Crippen LogP contribution in [0.25, 0.3) is 0 Å². The van der Waals surface area contributed by atoms with E-state index in [9.17, 15) is 38.7 Å². The van der Waals surface area contributed by atoms with Crippen molar-refractivity contribution in [3.8, 4) is 0 Å². The van der Waals surface area contributed by atoms with Crippen molar-refractivity contribution in [1.82, 2.24) is 26.6 Å². The number of aliphatic hydroxyl groups is 1. The van der Waals surface area contributed by atoms with Crippen LogP contribution in [-0.4, -0.2) is 83.3 Å². The van der Waals surface area contributed by atoms with Gasteiger partial charge in [0.05, 0.1) is 6.61 Å². The molecule has 0 radical (unpaired) electrons. The molecule has 2 rings (SSSR count). The summed E-state index contributed by atoms with van der Waals surface area (Å²) in [6.45, 7) is 6.46. The number of esters is 1. The topological polar surface area (TPSA) is 235 Å². The van der Waals surface area contributed by atoms with E-state index in [0.29, 0.717) is 6.42 Å². The second-order valence-corrected chi connectivity index (χ2v) is 12.1. The van der Waals surface area contributed by atoms with Crippen LogP contribution in [0.1, 0.15) is 71.8 Å². The van der Waals surface area contributed by atoms with E-state index in [4.69, 9.17) is 10.5 Å². The number of rotatable bonds is 19. The summed E-state index contributed by atoms with van der Waals surface area (Å²) >= 11 is 0. The molecule has 0 unspecified atom stereocenters. The van der Waals surface area contributed by atoms with Crippen molar-refractivity contribution in [2.24, 2.45) is 17.6 Å². The minimum atomic E-state index is -1.40. The molecule has 260 valence electrons. The Hall–Kier alpha value is -4.53. The zero-order valence-corrected chi connectivity index (χ0v) is 27.4. The van der Waals surface area contributed by atoms with Gasteiger partial charge in [0, 0.05) is 12.8 Å². The standard InChI is InChI=1S/C32H48N6O9/c1-5-19(4)27(32(46)35-21(28(33)42)12-14-26(41)47-17-20-9-7-6-8-10-20)38-30(44)23(15-18(2)3)36-31(45)24(16-39)37-29(43)22-11-13-25(40)34-22/h6-10,18-19,21-24,27,39H,5,11-17H2,1-4H3,(H2,33,42)(H,34,40)(H,35,46)(H,36,45)(H,37,43)(H,38,44)/t19-,21+,22+,23-,24-,27+/m1/s1. The SMILES string of the molecule is CC[C@@H](C)[C@H](NC(=O)[C@@H](CC(C)C)NC(=O)[C@@H](CO)NC(=O)[C@@H]1CCC(=O)N1)C(=O)N[C@@H](CCC(=O)OCc1ccccc1)C(N)=O. The summed E-state index contributed by atoms with van der Waals surface area (Å²) in [6.07, 6.45) is 0.711.